The zero-order valence-electron chi connectivity index (χ0n) is 21.3. The number of hydrogen-bond acceptors (Lipinski definition) is 0. The highest BCUT2D eigenvalue weighted by molar-refractivity contribution is 7.55. The molecule has 2 rings (SSSR count). The van der Waals surface area contributed by atoms with Crippen molar-refractivity contribution in [2.75, 3.05) is 0 Å². The summed E-state index contributed by atoms with van der Waals surface area (Å²) in [5.41, 5.74) is 6.30. The van der Waals surface area contributed by atoms with E-state index in [9.17, 15) is 0 Å². The highest BCUT2D eigenvalue weighted by Crippen LogP contribution is 2.32. The minimum Gasteiger partial charge on any atom is -0.147 e. The third-order valence-corrected chi connectivity index (χ3v) is 6.59. The molecule has 30 heavy (non-hydrogen) atoms. The molecular formula is C28H43ClP. The summed E-state index contributed by atoms with van der Waals surface area (Å²) in [4.78, 5) is 0. The van der Waals surface area contributed by atoms with Crippen LogP contribution in [0.2, 0.25) is 0 Å². The van der Waals surface area contributed by atoms with Crippen molar-refractivity contribution in [2.24, 2.45) is 0 Å². The summed E-state index contributed by atoms with van der Waals surface area (Å²) in [6.45, 7) is 27.8. The van der Waals surface area contributed by atoms with Crippen molar-refractivity contribution in [2.45, 2.75) is 105 Å². The summed E-state index contributed by atoms with van der Waals surface area (Å²) in [6.07, 6.45) is 0. The lowest BCUT2D eigenvalue weighted by molar-refractivity contribution is 0.569. The van der Waals surface area contributed by atoms with Gasteiger partial charge in [-0.15, -0.1) is 12.4 Å². The smallest absolute Gasteiger partial charge is 0.00999 e. The Hall–Kier alpha value is -0.840. The first kappa shape index (κ1) is 27.2. The zero-order valence-corrected chi connectivity index (χ0v) is 23.0. The minimum atomic E-state index is 0. The fraction of sp³-hybridized carbons (Fsp3) is 0.571. The van der Waals surface area contributed by atoms with Crippen LogP contribution in [0.25, 0.3) is 0 Å². The van der Waals surface area contributed by atoms with Crippen molar-refractivity contribution in [3.63, 3.8) is 0 Å². The molecule has 0 saturated carbocycles. The SMILES string of the molecule is CC(C)(C)c1cc([P]c2cc(C(C)(C)C)cc(C(C)(C)C)c2)cc(C(C)(C)C)c1.Cl. The first-order valence-corrected chi connectivity index (χ1v) is 11.8. The van der Waals surface area contributed by atoms with Gasteiger partial charge in [0, 0.05) is 0 Å². The van der Waals surface area contributed by atoms with Gasteiger partial charge < -0.3 is 0 Å². The normalized spacial score (nSPS) is 13.2. The van der Waals surface area contributed by atoms with Crippen LogP contribution < -0.4 is 10.6 Å². The van der Waals surface area contributed by atoms with Gasteiger partial charge in [0.05, 0.1) is 0 Å². The maximum Gasteiger partial charge on any atom is -0.00999 e. The van der Waals surface area contributed by atoms with E-state index in [2.05, 4.69) is 119 Å². The topological polar surface area (TPSA) is 0 Å². The van der Waals surface area contributed by atoms with Crippen LogP contribution in [-0.2, 0) is 21.7 Å². The van der Waals surface area contributed by atoms with Gasteiger partial charge in [0.2, 0.25) is 0 Å². The molecule has 0 aliphatic rings. The van der Waals surface area contributed by atoms with Gasteiger partial charge in [-0.2, -0.15) is 0 Å². The number of halogens is 1. The second kappa shape index (κ2) is 8.96. The van der Waals surface area contributed by atoms with Crippen molar-refractivity contribution in [1.82, 2.24) is 0 Å². The molecule has 0 amide bonds. The van der Waals surface area contributed by atoms with Gasteiger partial charge in [0.1, 0.15) is 0 Å². The van der Waals surface area contributed by atoms with Gasteiger partial charge >= 0.3 is 0 Å². The van der Waals surface area contributed by atoms with E-state index < -0.39 is 0 Å². The quantitative estimate of drug-likeness (QED) is 0.408. The van der Waals surface area contributed by atoms with E-state index in [0.29, 0.717) is 0 Å². The van der Waals surface area contributed by atoms with Crippen molar-refractivity contribution in [3.05, 3.63) is 58.7 Å². The van der Waals surface area contributed by atoms with Crippen LogP contribution in [0.4, 0.5) is 0 Å². The maximum absolute atomic E-state index is 2.41. The molecular weight excluding hydrogens is 403 g/mol. The van der Waals surface area contributed by atoms with Crippen molar-refractivity contribution >= 4 is 31.6 Å². The monoisotopic (exact) mass is 445 g/mol. The van der Waals surface area contributed by atoms with Gasteiger partial charge in [-0.25, -0.2) is 0 Å². The lowest BCUT2D eigenvalue weighted by Gasteiger charge is -2.27. The molecule has 1 radical (unpaired) electrons. The molecule has 0 fully saturated rings. The molecule has 0 unspecified atom stereocenters. The van der Waals surface area contributed by atoms with E-state index in [1.165, 1.54) is 41.4 Å². The van der Waals surface area contributed by atoms with Crippen LogP contribution >= 0.6 is 21.0 Å². The molecule has 2 heteroatoms. The summed E-state index contributed by atoms with van der Waals surface area (Å²) in [7, 11) is 1.29. The van der Waals surface area contributed by atoms with Gasteiger partial charge in [-0.1, -0.05) is 119 Å². The Morgan fingerprint density at radius 2 is 0.600 bits per heavy atom. The first-order chi connectivity index (χ1) is 12.9. The molecule has 0 aliphatic carbocycles. The van der Waals surface area contributed by atoms with E-state index >= 15 is 0 Å². The van der Waals surface area contributed by atoms with Crippen LogP contribution in [0, 0.1) is 0 Å². The van der Waals surface area contributed by atoms with Crippen LogP contribution in [-0.4, -0.2) is 0 Å². The van der Waals surface area contributed by atoms with E-state index in [1.807, 2.05) is 0 Å². The maximum atomic E-state index is 2.41. The summed E-state index contributed by atoms with van der Waals surface area (Å²) in [5, 5.41) is 2.79. The first-order valence-electron chi connectivity index (χ1n) is 10.9. The Labute approximate surface area is 194 Å². The van der Waals surface area contributed by atoms with E-state index in [0.717, 1.165) is 0 Å². The largest absolute Gasteiger partial charge is 0.147 e. The van der Waals surface area contributed by atoms with Crippen molar-refractivity contribution in [1.29, 1.82) is 0 Å². The minimum absolute atomic E-state index is 0. The Balaban J connectivity index is 0.00000450. The lowest BCUT2D eigenvalue weighted by atomic mass is 9.81. The molecule has 0 nitrogen and oxygen atoms in total. The number of rotatable bonds is 2. The second-order valence-corrected chi connectivity index (χ2v) is 13.9. The van der Waals surface area contributed by atoms with E-state index in [4.69, 9.17) is 0 Å². The number of benzene rings is 2. The molecule has 0 N–H and O–H groups in total. The predicted molar refractivity (Wildman–Crippen MR) is 141 cm³/mol. The molecule has 167 valence electrons. The molecule has 0 saturated heterocycles. The third kappa shape index (κ3) is 7.10. The van der Waals surface area contributed by atoms with E-state index in [1.54, 1.807) is 0 Å². The van der Waals surface area contributed by atoms with Gasteiger partial charge in [0.15, 0.2) is 0 Å². The zero-order chi connectivity index (χ0) is 22.4. The fourth-order valence-electron chi connectivity index (χ4n) is 3.23. The molecule has 0 aliphatic heterocycles. The summed E-state index contributed by atoms with van der Waals surface area (Å²) in [6, 6.07) is 14.5. The highest BCUT2D eigenvalue weighted by Gasteiger charge is 2.23. The second-order valence-electron chi connectivity index (χ2n) is 12.6. The van der Waals surface area contributed by atoms with Crippen LogP contribution in [0.1, 0.15) is 105 Å². The summed E-state index contributed by atoms with van der Waals surface area (Å²) < 4.78 is 0. The predicted octanol–water partition coefficient (Wildman–Crippen LogP) is 8.20. The molecule has 0 spiro atoms. The Morgan fingerprint density at radius 1 is 0.400 bits per heavy atom. The van der Waals surface area contributed by atoms with Gasteiger partial charge in [-0.05, 0) is 63.1 Å². The Bertz CT molecular complexity index is 727. The fourth-order valence-corrected chi connectivity index (χ4v) is 4.35. The number of hydrogen-bond donors (Lipinski definition) is 0. The standard InChI is InChI=1S/C28H42P.ClH/c1-25(2,3)19-13-20(26(4,5)6)16-23(15-19)29-24-17-21(27(7,8)9)14-22(18-24)28(10,11)12;/h13-18H,1-12H3;1H. The van der Waals surface area contributed by atoms with Crippen molar-refractivity contribution < 1.29 is 0 Å². The average molecular weight is 446 g/mol. The van der Waals surface area contributed by atoms with Crippen LogP contribution in [0.15, 0.2) is 36.4 Å². The lowest BCUT2D eigenvalue weighted by Crippen LogP contribution is -2.22. The summed E-state index contributed by atoms with van der Waals surface area (Å²) >= 11 is 0. The van der Waals surface area contributed by atoms with E-state index in [-0.39, 0.29) is 34.1 Å². The molecule has 0 heterocycles. The third-order valence-electron chi connectivity index (χ3n) is 5.56. The molecule has 2 aromatic carbocycles. The Kier molecular flexibility index (Phi) is 8.12. The highest BCUT2D eigenvalue weighted by atomic mass is 35.5. The average Bonchev–Trinajstić information content (AvgIpc) is 2.51. The van der Waals surface area contributed by atoms with Crippen LogP contribution in [0.3, 0.4) is 0 Å². The molecule has 0 atom stereocenters. The summed E-state index contributed by atoms with van der Waals surface area (Å²) in [5.74, 6) is 0. The molecule has 0 aromatic heterocycles. The Morgan fingerprint density at radius 3 is 0.767 bits per heavy atom. The van der Waals surface area contributed by atoms with Gasteiger partial charge in [0.25, 0.3) is 0 Å². The van der Waals surface area contributed by atoms with Gasteiger partial charge in [-0.3, -0.25) is 0 Å². The molecule has 2 aromatic rings. The van der Waals surface area contributed by atoms with Crippen molar-refractivity contribution in [3.8, 4) is 0 Å². The van der Waals surface area contributed by atoms with Crippen LogP contribution in [0.5, 0.6) is 0 Å². The molecule has 0 bridgehead atoms.